The Morgan fingerprint density at radius 1 is 1.26 bits per heavy atom. The van der Waals surface area contributed by atoms with Crippen LogP contribution in [0.25, 0.3) is 0 Å². The lowest BCUT2D eigenvalue weighted by molar-refractivity contribution is -0.137. The minimum Gasteiger partial charge on any atom is -0.380 e. The van der Waals surface area contributed by atoms with Crippen molar-refractivity contribution in [1.82, 2.24) is 15.3 Å². The fraction of sp³-hybridized carbons (Fsp3) is 0.542. The Kier molecular flexibility index (Phi) is 7.56. The molecule has 0 bridgehead atoms. The molecule has 35 heavy (non-hydrogen) atoms. The molecule has 1 aromatic carbocycles. The van der Waals surface area contributed by atoms with E-state index in [-0.39, 0.29) is 30.0 Å². The predicted octanol–water partition coefficient (Wildman–Crippen LogP) is 4.05. The van der Waals surface area contributed by atoms with Gasteiger partial charge in [0.05, 0.1) is 31.5 Å². The lowest BCUT2D eigenvalue weighted by Crippen LogP contribution is -2.60. The van der Waals surface area contributed by atoms with Gasteiger partial charge in [-0.2, -0.15) is 13.2 Å². The Labute approximate surface area is 202 Å². The minimum absolute atomic E-state index is 0.0104. The van der Waals surface area contributed by atoms with Gasteiger partial charge in [0.15, 0.2) is 17.5 Å². The van der Waals surface area contributed by atoms with Crippen molar-refractivity contribution < 1.29 is 22.3 Å². The third kappa shape index (κ3) is 6.46. The summed E-state index contributed by atoms with van der Waals surface area (Å²) in [6.45, 7) is 6.46. The molecule has 11 heteroatoms. The monoisotopic (exact) mass is 494 g/mol. The highest BCUT2D eigenvalue weighted by Crippen LogP contribution is 2.32. The summed E-state index contributed by atoms with van der Waals surface area (Å²) in [6.07, 6.45) is 0.114. The average Bonchev–Trinajstić information content (AvgIpc) is 2.82. The van der Waals surface area contributed by atoms with Gasteiger partial charge in [0, 0.05) is 42.6 Å². The van der Waals surface area contributed by atoms with E-state index in [0.717, 1.165) is 25.0 Å². The molecule has 190 valence electrons. The van der Waals surface area contributed by atoms with Crippen LogP contribution in [0, 0.1) is 5.82 Å². The Morgan fingerprint density at radius 3 is 2.74 bits per heavy atom. The standard InChI is InChI=1S/C24H30F4N6O/c1-23(2)20(31-17-5-3-4-16(12-17)24(26,27)28)7-6-18(33-23)13-29-15-21-30-14-19(25)22(32-21)34-8-10-35-11-9-34/h3-5,12-14,18,20,31,33H,6-11,15H2,1-2H3. The SMILES string of the molecule is CC1(C)NC(C=NCc2ncc(F)c(N3CCOCC3)n2)CCC1Nc1cccc(C(F)(F)F)c1. The van der Waals surface area contributed by atoms with Crippen LogP contribution in [0.5, 0.6) is 0 Å². The van der Waals surface area contributed by atoms with Crippen LogP contribution in [0.4, 0.5) is 29.1 Å². The first-order chi connectivity index (χ1) is 16.6. The quantitative estimate of drug-likeness (QED) is 0.466. The number of nitrogens with one attached hydrogen (secondary N) is 2. The van der Waals surface area contributed by atoms with Gasteiger partial charge in [-0.05, 0) is 44.9 Å². The molecule has 2 N–H and O–H groups in total. The van der Waals surface area contributed by atoms with E-state index in [1.807, 2.05) is 25.0 Å². The Balaban J connectivity index is 1.34. The first-order valence-electron chi connectivity index (χ1n) is 11.7. The molecular formula is C24H30F4N6O. The van der Waals surface area contributed by atoms with Gasteiger partial charge in [-0.3, -0.25) is 4.99 Å². The molecule has 0 aliphatic carbocycles. The number of ether oxygens (including phenoxy) is 1. The van der Waals surface area contributed by atoms with E-state index in [1.165, 1.54) is 12.3 Å². The van der Waals surface area contributed by atoms with Crippen molar-refractivity contribution in [1.29, 1.82) is 0 Å². The molecule has 2 aromatic rings. The molecule has 0 spiro atoms. The summed E-state index contributed by atoms with van der Waals surface area (Å²) >= 11 is 0. The average molecular weight is 495 g/mol. The van der Waals surface area contributed by atoms with Crippen molar-refractivity contribution in [2.75, 3.05) is 36.5 Å². The molecule has 1 aromatic heterocycles. The maximum atomic E-state index is 14.2. The first-order valence-corrected chi connectivity index (χ1v) is 11.7. The summed E-state index contributed by atoms with van der Waals surface area (Å²) in [5, 5.41) is 6.76. The number of anilines is 2. The molecule has 0 saturated carbocycles. The van der Waals surface area contributed by atoms with Crippen LogP contribution >= 0.6 is 0 Å². The zero-order valence-corrected chi connectivity index (χ0v) is 19.8. The van der Waals surface area contributed by atoms with E-state index >= 15 is 0 Å². The molecule has 2 fully saturated rings. The van der Waals surface area contributed by atoms with Gasteiger partial charge in [-0.25, -0.2) is 14.4 Å². The molecule has 0 radical (unpaired) electrons. The topological polar surface area (TPSA) is 74.7 Å². The van der Waals surface area contributed by atoms with Crippen LogP contribution in [0.2, 0.25) is 0 Å². The third-order valence-corrected chi connectivity index (χ3v) is 6.33. The van der Waals surface area contributed by atoms with Crippen LogP contribution in [0.15, 0.2) is 35.5 Å². The second kappa shape index (κ2) is 10.4. The van der Waals surface area contributed by atoms with E-state index in [1.54, 1.807) is 6.07 Å². The van der Waals surface area contributed by atoms with E-state index < -0.39 is 17.6 Å². The summed E-state index contributed by atoms with van der Waals surface area (Å²) in [7, 11) is 0. The van der Waals surface area contributed by atoms with Crippen molar-refractivity contribution in [3.8, 4) is 0 Å². The Morgan fingerprint density at radius 2 is 2.03 bits per heavy atom. The van der Waals surface area contributed by atoms with Gasteiger partial charge in [0.25, 0.3) is 0 Å². The molecule has 2 aliphatic heterocycles. The molecule has 2 saturated heterocycles. The van der Waals surface area contributed by atoms with Crippen LogP contribution in [0.3, 0.4) is 0 Å². The highest BCUT2D eigenvalue weighted by atomic mass is 19.4. The summed E-state index contributed by atoms with van der Waals surface area (Å²) in [6, 6.07) is 5.18. The number of rotatable bonds is 6. The smallest absolute Gasteiger partial charge is 0.380 e. The number of nitrogens with zero attached hydrogens (tertiary/aromatic N) is 4. The van der Waals surface area contributed by atoms with Crippen molar-refractivity contribution in [2.24, 2.45) is 4.99 Å². The first kappa shape index (κ1) is 25.3. The predicted molar refractivity (Wildman–Crippen MR) is 126 cm³/mol. The van der Waals surface area contributed by atoms with Crippen molar-refractivity contribution in [3.63, 3.8) is 0 Å². The van der Waals surface area contributed by atoms with E-state index in [0.29, 0.717) is 37.8 Å². The number of benzene rings is 1. The Hall–Kier alpha value is -2.79. The van der Waals surface area contributed by atoms with Gasteiger partial charge >= 0.3 is 6.18 Å². The van der Waals surface area contributed by atoms with Crippen molar-refractivity contribution >= 4 is 17.7 Å². The second-order valence-electron chi connectivity index (χ2n) is 9.37. The minimum atomic E-state index is -4.38. The molecule has 3 heterocycles. The molecule has 0 amide bonds. The van der Waals surface area contributed by atoms with Gasteiger partial charge in [-0.1, -0.05) is 6.07 Å². The highest BCUT2D eigenvalue weighted by molar-refractivity contribution is 5.65. The number of morpholine rings is 1. The van der Waals surface area contributed by atoms with Crippen LogP contribution in [0.1, 0.15) is 38.1 Å². The number of halogens is 4. The summed E-state index contributed by atoms with van der Waals surface area (Å²) in [5.41, 5.74) is -0.621. The normalized spacial score (nSPS) is 23.0. The third-order valence-electron chi connectivity index (χ3n) is 6.33. The largest absolute Gasteiger partial charge is 0.416 e. The zero-order chi connectivity index (χ0) is 25.1. The van der Waals surface area contributed by atoms with Gasteiger partial charge in [0.2, 0.25) is 0 Å². The van der Waals surface area contributed by atoms with Crippen molar-refractivity contribution in [3.05, 3.63) is 47.7 Å². The molecule has 2 atom stereocenters. The maximum absolute atomic E-state index is 14.2. The number of aromatic nitrogens is 2. The molecule has 4 rings (SSSR count). The fourth-order valence-corrected chi connectivity index (χ4v) is 4.44. The van der Waals surface area contributed by atoms with Gasteiger partial charge in [-0.15, -0.1) is 0 Å². The molecule has 7 nitrogen and oxygen atoms in total. The fourth-order valence-electron chi connectivity index (χ4n) is 4.44. The number of hydrogen-bond acceptors (Lipinski definition) is 7. The lowest BCUT2D eigenvalue weighted by Gasteiger charge is -2.43. The Bertz CT molecular complexity index is 1040. The van der Waals surface area contributed by atoms with Crippen molar-refractivity contribution in [2.45, 2.75) is 57.0 Å². The number of piperidine rings is 1. The highest BCUT2D eigenvalue weighted by Gasteiger charge is 2.36. The summed E-state index contributed by atoms with van der Waals surface area (Å²) in [4.78, 5) is 14.7. The molecule has 2 aliphatic rings. The van der Waals surface area contributed by atoms with E-state index in [4.69, 9.17) is 4.74 Å². The number of alkyl halides is 3. The number of hydrogen-bond donors (Lipinski definition) is 2. The molecular weight excluding hydrogens is 464 g/mol. The van der Waals surface area contributed by atoms with E-state index in [2.05, 4.69) is 25.6 Å². The lowest BCUT2D eigenvalue weighted by atomic mass is 9.84. The summed E-state index contributed by atoms with van der Waals surface area (Å²) < 4.78 is 58.6. The van der Waals surface area contributed by atoms with Crippen LogP contribution in [-0.4, -0.2) is 60.1 Å². The van der Waals surface area contributed by atoms with Gasteiger partial charge < -0.3 is 20.3 Å². The van der Waals surface area contributed by atoms with E-state index in [9.17, 15) is 17.6 Å². The number of aliphatic imine (C=N–C) groups is 1. The summed E-state index contributed by atoms with van der Waals surface area (Å²) in [5.74, 6) is 0.242. The maximum Gasteiger partial charge on any atom is 0.416 e. The van der Waals surface area contributed by atoms with Crippen LogP contribution in [-0.2, 0) is 17.5 Å². The van der Waals surface area contributed by atoms with Crippen LogP contribution < -0.4 is 15.5 Å². The second-order valence-corrected chi connectivity index (χ2v) is 9.37. The zero-order valence-electron chi connectivity index (χ0n) is 19.8. The van der Waals surface area contributed by atoms with Gasteiger partial charge in [0.1, 0.15) is 0 Å². The molecule has 2 unspecified atom stereocenters.